The molecule has 9 nitrogen and oxygen atoms in total. The zero-order valence-electron chi connectivity index (χ0n) is 22.3. The van der Waals surface area contributed by atoms with Gasteiger partial charge in [0.2, 0.25) is 0 Å². The number of esters is 1. The Labute approximate surface area is 233 Å². The van der Waals surface area contributed by atoms with E-state index in [1.165, 1.54) is 18.3 Å². The monoisotopic (exact) mass is 559 g/mol. The number of furan rings is 1. The highest BCUT2D eigenvalue weighted by molar-refractivity contribution is 7.92. The Morgan fingerprint density at radius 2 is 1.68 bits per heavy atom. The van der Waals surface area contributed by atoms with E-state index < -0.39 is 28.4 Å². The number of anilines is 1. The number of nitrogens with one attached hydrogen (secondary N) is 1. The lowest BCUT2D eigenvalue weighted by Gasteiger charge is -2.25. The predicted molar refractivity (Wildman–Crippen MR) is 153 cm³/mol. The third-order valence-corrected chi connectivity index (χ3v) is 7.93. The maximum absolute atomic E-state index is 13.5. The molecule has 0 saturated heterocycles. The van der Waals surface area contributed by atoms with Crippen LogP contribution in [0.1, 0.15) is 34.2 Å². The first-order valence-electron chi connectivity index (χ1n) is 12.5. The second-order valence-electron chi connectivity index (χ2n) is 8.84. The fourth-order valence-corrected chi connectivity index (χ4v) is 5.42. The van der Waals surface area contributed by atoms with Crippen LogP contribution >= 0.6 is 0 Å². The molecule has 1 N–H and O–H groups in total. The maximum atomic E-state index is 13.5. The molecule has 0 aliphatic carbocycles. The molecular formula is C30H29N3O6S. The maximum Gasteiger partial charge on any atom is 0.338 e. The molecule has 0 radical (unpaired) electrons. The molecule has 0 aliphatic heterocycles. The summed E-state index contributed by atoms with van der Waals surface area (Å²) in [4.78, 5) is 24.8. The van der Waals surface area contributed by atoms with Crippen LogP contribution in [-0.2, 0) is 19.6 Å². The number of carbonyl (C=O) groups is 2. The highest BCUT2D eigenvalue weighted by Gasteiger charge is 2.28. The Morgan fingerprint density at radius 1 is 0.950 bits per heavy atom. The lowest BCUT2D eigenvalue weighted by Crippen LogP contribution is -2.40. The number of rotatable bonds is 10. The first-order valence-corrected chi connectivity index (χ1v) is 14.0. The summed E-state index contributed by atoms with van der Waals surface area (Å²) in [5.74, 6) is -0.117. The van der Waals surface area contributed by atoms with Gasteiger partial charge in [0.05, 0.1) is 29.0 Å². The van der Waals surface area contributed by atoms with E-state index in [4.69, 9.17) is 9.15 Å². The average molecular weight is 560 g/mol. The highest BCUT2D eigenvalue weighted by atomic mass is 32.2. The van der Waals surface area contributed by atoms with Crippen molar-refractivity contribution in [2.24, 2.45) is 5.10 Å². The lowest BCUT2D eigenvalue weighted by molar-refractivity contribution is -0.119. The largest absolute Gasteiger partial charge is 0.462 e. The summed E-state index contributed by atoms with van der Waals surface area (Å²) in [6.07, 6.45) is 1.32. The molecular weight excluding hydrogens is 530 g/mol. The summed E-state index contributed by atoms with van der Waals surface area (Å²) in [7, 11) is -4.03. The quantitative estimate of drug-likeness (QED) is 0.164. The number of sulfonamides is 1. The molecule has 4 aromatic rings. The van der Waals surface area contributed by atoms with Gasteiger partial charge in [0.25, 0.3) is 15.9 Å². The summed E-state index contributed by atoms with van der Waals surface area (Å²) in [5, 5.41) is 3.95. The number of amides is 1. The average Bonchev–Trinajstić information content (AvgIpc) is 3.43. The molecule has 0 saturated carbocycles. The third kappa shape index (κ3) is 6.47. The molecule has 0 spiro atoms. The number of carbonyl (C=O) groups excluding carboxylic acids is 2. The molecule has 0 unspecified atom stereocenters. The normalized spacial score (nSPS) is 11.4. The Bertz CT molecular complexity index is 1630. The number of benzene rings is 3. The van der Waals surface area contributed by atoms with Gasteiger partial charge >= 0.3 is 5.97 Å². The minimum absolute atomic E-state index is 0.0746. The number of hydrazone groups is 1. The molecule has 1 amide bonds. The van der Waals surface area contributed by atoms with Gasteiger partial charge in [0.15, 0.2) is 0 Å². The van der Waals surface area contributed by atoms with Crippen LogP contribution in [0.5, 0.6) is 0 Å². The highest BCUT2D eigenvalue weighted by Crippen LogP contribution is 2.28. The van der Waals surface area contributed by atoms with Crippen molar-refractivity contribution in [3.63, 3.8) is 0 Å². The van der Waals surface area contributed by atoms with Crippen molar-refractivity contribution in [2.45, 2.75) is 25.7 Å². The number of hydrogen-bond acceptors (Lipinski definition) is 7. The SMILES string of the molecule is CCOC(=O)c1ccc(-c2ccc(/C=N/NC(=O)CN(c3cccc(C)c3C)S(=O)(=O)c3ccccc3)o2)cc1. The van der Waals surface area contributed by atoms with E-state index in [1.807, 2.05) is 19.9 Å². The molecule has 0 bridgehead atoms. The van der Waals surface area contributed by atoms with Crippen LogP contribution in [0, 0.1) is 13.8 Å². The molecule has 206 valence electrons. The van der Waals surface area contributed by atoms with Crippen LogP contribution in [0.3, 0.4) is 0 Å². The number of aryl methyl sites for hydroxylation is 1. The summed E-state index contributed by atoms with van der Waals surface area (Å²) in [6.45, 7) is 5.25. The van der Waals surface area contributed by atoms with Crippen molar-refractivity contribution in [3.8, 4) is 11.3 Å². The Kier molecular flexibility index (Phi) is 8.80. The lowest BCUT2D eigenvalue weighted by atomic mass is 10.1. The van der Waals surface area contributed by atoms with Gasteiger partial charge in [0, 0.05) is 5.56 Å². The molecule has 0 fully saturated rings. The van der Waals surface area contributed by atoms with Crippen LogP contribution in [0.15, 0.2) is 99.3 Å². The summed E-state index contributed by atoms with van der Waals surface area (Å²) in [5.41, 5.74) is 5.61. The number of hydrogen-bond donors (Lipinski definition) is 1. The minimum Gasteiger partial charge on any atom is -0.462 e. The van der Waals surface area contributed by atoms with Crippen molar-refractivity contribution in [1.29, 1.82) is 0 Å². The third-order valence-electron chi connectivity index (χ3n) is 6.15. The predicted octanol–water partition coefficient (Wildman–Crippen LogP) is 5.09. The van der Waals surface area contributed by atoms with Gasteiger partial charge in [-0.2, -0.15) is 5.10 Å². The summed E-state index contributed by atoms with van der Waals surface area (Å²) < 4.78 is 38.9. The van der Waals surface area contributed by atoms with Gasteiger partial charge in [-0.05, 0) is 74.4 Å². The van der Waals surface area contributed by atoms with Gasteiger partial charge in [-0.1, -0.05) is 42.5 Å². The second-order valence-corrected chi connectivity index (χ2v) is 10.7. The summed E-state index contributed by atoms with van der Waals surface area (Å²) >= 11 is 0. The number of nitrogens with zero attached hydrogens (tertiary/aromatic N) is 2. The van der Waals surface area contributed by atoms with Crippen LogP contribution < -0.4 is 9.73 Å². The van der Waals surface area contributed by atoms with Crippen molar-refractivity contribution in [2.75, 3.05) is 17.5 Å². The summed E-state index contributed by atoms with van der Waals surface area (Å²) in [6, 6.07) is 23.4. The molecule has 0 atom stereocenters. The second kappa shape index (κ2) is 12.4. The Balaban J connectivity index is 1.47. The van der Waals surface area contributed by atoms with E-state index in [1.54, 1.807) is 73.7 Å². The van der Waals surface area contributed by atoms with E-state index in [2.05, 4.69) is 10.5 Å². The smallest absolute Gasteiger partial charge is 0.338 e. The fraction of sp³-hybridized carbons (Fsp3) is 0.167. The molecule has 0 aliphatic rings. The van der Waals surface area contributed by atoms with Gasteiger partial charge in [-0.15, -0.1) is 0 Å². The molecule has 4 rings (SSSR count). The molecule has 3 aromatic carbocycles. The molecule has 1 heterocycles. The Morgan fingerprint density at radius 3 is 2.38 bits per heavy atom. The zero-order chi connectivity index (χ0) is 28.7. The van der Waals surface area contributed by atoms with Crippen LogP contribution in [0.2, 0.25) is 0 Å². The van der Waals surface area contributed by atoms with Crippen LogP contribution in [-0.4, -0.2) is 39.7 Å². The van der Waals surface area contributed by atoms with Crippen molar-refractivity contribution in [3.05, 3.63) is 107 Å². The van der Waals surface area contributed by atoms with Gasteiger partial charge in [0.1, 0.15) is 18.1 Å². The van der Waals surface area contributed by atoms with E-state index in [9.17, 15) is 18.0 Å². The van der Waals surface area contributed by atoms with Crippen LogP contribution in [0.4, 0.5) is 5.69 Å². The Hall–Kier alpha value is -4.70. The first kappa shape index (κ1) is 28.3. The van der Waals surface area contributed by atoms with Gasteiger partial charge < -0.3 is 9.15 Å². The van der Waals surface area contributed by atoms with Gasteiger partial charge in [-0.3, -0.25) is 9.10 Å². The van der Waals surface area contributed by atoms with Gasteiger partial charge in [-0.25, -0.2) is 18.6 Å². The van der Waals surface area contributed by atoms with E-state index >= 15 is 0 Å². The van der Waals surface area contributed by atoms with Crippen LogP contribution in [0.25, 0.3) is 11.3 Å². The van der Waals surface area contributed by atoms with Crippen molar-refractivity contribution in [1.82, 2.24) is 5.43 Å². The topological polar surface area (TPSA) is 118 Å². The fourth-order valence-electron chi connectivity index (χ4n) is 3.92. The first-order chi connectivity index (χ1) is 19.2. The van der Waals surface area contributed by atoms with Crippen molar-refractivity contribution < 1.29 is 27.2 Å². The zero-order valence-corrected chi connectivity index (χ0v) is 23.1. The minimum atomic E-state index is -4.03. The van der Waals surface area contributed by atoms with E-state index in [0.717, 1.165) is 21.0 Å². The van der Waals surface area contributed by atoms with Crippen molar-refractivity contribution >= 4 is 33.8 Å². The standard InChI is InChI=1S/C30H29N3O6S/c1-4-38-30(35)24-15-13-23(14-16-24)28-18-17-25(39-28)19-31-32-29(34)20-33(27-12-8-9-21(2)22(27)3)40(36,37)26-10-6-5-7-11-26/h5-19H,4,20H2,1-3H3,(H,32,34)/b31-19+. The molecule has 10 heteroatoms. The number of ether oxygens (including phenoxy) is 1. The molecule has 1 aromatic heterocycles. The molecule has 40 heavy (non-hydrogen) atoms. The van der Waals surface area contributed by atoms with E-state index in [0.29, 0.717) is 29.4 Å². The van der Waals surface area contributed by atoms with E-state index in [-0.39, 0.29) is 4.90 Å².